The van der Waals surface area contributed by atoms with Crippen molar-refractivity contribution in [2.75, 3.05) is 0 Å². The van der Waals surface area contributed by atoms with Gasteiger partial charge in [0.1, 0.15) is 6.10 Å². The maximum absolute atomic E-state index is 10.8. The third-order valence-electron chi connectivity index (χ3n) is 2.89. The lowest BCUT2D eigenvalue weighted by atomic mass is 9.99. The molecule has 0 unspecified atom stereocenters. The Morgan fingerprint density at radius 3 is 2.92 bits per heavy atom. The Morgan fingerprint density at radius 2 is 2.15 bits per heavy atom. The summed E-state index contributed by atoms with van der Waals surface area (Å²) in [6.07, 6.45) is 6.06. The highest BCUT2D eigenvalue weighted by atomic mass is 16.6. The highest BCUT2D eigenvalue weighted by Crippen LogP contribution is 2.32. The van der Waals surface area contributed by atoms with Crippen LogP contribution in [0.3, 0.4) is 0 Å². The largest absolute Gasteiger partial charge is 0.460 e. The molecule has 2 rings (SSSR count). The molecule has 0 amide bonds. The molecule has 2 saturated heterocycles. The quantitative estimate of drug-likeness (QED) is 0.581. The number of ether oxygens (including phenoxy) is 2. The topological polar surface area (TPSA) is 35.5 Å². The molecule has 2 aliphatic heterocycles. The maximum Gasteiger partial charge on any atom is 0.302 e. The fourth-order valence-electron chi connectivity index (χ4n) is 2.30. The SMILES string of the molecule is CC(=O)O[C@H]1CCC[C@H]2CC[C@@H]1O2. The zero-order valence-electron chi connectivity index (χ0n) is 7.99. The minimum Gasteiger partial charge on any atom is -0.460 e. The first-order chi connectivity index (χ1) is 6.25. The Kier molecular flexibility index (Phi) is 2.54. The number of rotatable bonds is 1. The van der Waals surface area contributed by atoms with Crippen molar-refractivity contribution in [3.8, 4) is 0 Å². The van der Waals surface area contributed by atoms with Crippen LogP contribution in [0.2, 0.25) is 0 Å². The van der Waals surface area contributed by atoms with Gasteiger partial charge in [-0.15, -0.1) is 0 Å². The maximum atomic E-state index is 10.8. The van der Waals surface area contributed by atoms with Crippen molar-refractivity contribution in [1.29, 1.82) is 0 Å². The summed E-state index contributed by atoms with van der Waals surface area (Å²) in [6, 6.07) is 0. The monoisotopic (exact) mass is 184 g/mol. The first-order valence-corrected chi connectivity index (χ1v) is 5.08. The molecule has 0 aromatic carbocycles. The van der Waals surface area contributed by atoms with Crippen LogP contribution in [0.25, 0.3) is 0 Å². The van der Waals surface area contributed by atoms with Gasteiger partial charge in [-0.05, 0) is 32.1 Å². The average molecular weight is 184 g/mol. The van der Waals surface area contributed by atoms with Crippen LogP contribution in [0.15, 0.2) is 0 Å². The minimum absolute atomic E-state index is 0.0185. The number of hydrogen-bond donors (Lipinski definition) is 0. The van der Waals surface area contributed by atoms with E-state index in [4.69, 9.17) is 9.47 Å². The lowest BCUT2D eigenvalue weighted by molar-refractivity contribution is -0.153. The van der Waals surface area contributed by atoms with Gasteiger partial charge in [0.25, 0.3) is 0 Å². The van der Waals surface area contributed by atoms with Crippen molar-refractivity contribution >= 4 is 5.97 Å². The van der Waals surface area contributed by atoms with Crippen LogP contribution in [-0.4, -0.2) is 24.3 Å². The Bertz CT molecular complexity index is 202. The molecule has 2 heterocycles. The second-order valence-electron chi connectivity index (χ2n) is 3.95. The van der Waals surface area contributed by atoms with Crippen molar-refractivity contribution in [1.82, 2.24) is 0 Å². The first kappa shape index (κ1) is 9.00. The summed E-state index contributed by atoms with van der Waals surface area (Å²) in [5.41, 5.74) is 0. The predicted octanol–water partition coefficient (Wildman–Crippen LogP) is 1.65. The molecule has 3 atom stereocenters. The zero-order chi connectivity index (χ0) is 9.26. The van der Waals surface area contributed by atoms with Crippen molar-refractivity contribution in [2.24, 2.45) is 0 Å². The lowest BCUT2D eigenvalue weighted by Gasteiger charge is -2.20. The third-order valence-corrected chi connectivity index (χ3v) is 2.89. The summed E-state index contributed by atoms with van der Waals surface area (Å²) in [5, 5.41) is 0. The van der Waals surface area contributed by atoms with Crippen LogP contribution >= 0.6 is 0 Å². The summed E-state index contributed by atoms with van der Waals surface area (Å²) in [6.45, 7) is 1.47. The number of esters is 1. The lowest BCUT2D eigenvalue weighted by Crippen LogP contribution is -2.29. The molecule has 0 aliphatic carbocycles. The number of carbonyl (C=O) groups is 1. The summed E-state index contributed by atoms with van der Waals surface area (Å²) in [4.78, 5) is 10.8. The van der Waals surface area contributed by atoms with Gasteiger partial charge in [0.15, 0.2) is 0 Å². The van der Waals surface area contributed by atoms with Crippen LogP contribution in [0.1, 0.15) is 39.0 Å². The summed E-state index contributed by atoms with van der Waals surface area (Å²) in [5.74, 6) is -0.182. The number of fused-ring (bicyclic) bond motifs is 2. The molecule has 0 N–H and O–H groups in total. The number of carbonyl (C=O) groups excluding carboxylic acids is 1. The minimum atomic E-state index is -0.182. The van der Waals surface area contributed by atoms with E-state index in [9.17, 15) is 4.79 Å². The van der Waals surface area contributed by atoms with E-state index >= 15 is 0 Å². The van der Waals surface area contributed by atoms with Crippen molar-refractivity contribution in [2.45, 2.75) is 57.3 Å². The van der Waals surface area contributed by atoms with Crippen LogP contribution < -0.4 is 0 Å². The van der Waals surface area contributed by atoms with Gasteiger partial charge in [0.05, 0.1) is 12.2 Å². The fraction of sp³-hybridized carbons (Fsp3) is 0.900. The fourth-order valence-corrected chi connectivity index (χ4v) is 2.30. The van der Waals surface area contributed by atoms with Gasteiger partial charge in [-0.3, -0.25) is 4.79 Å². The Morgan fingerprint density at radius 1 is 1.31 bits per heavy atom. The normalized spacial score (nSPS) is 38.4. The molecule has 2 aliphatic rings. The Labute approximate surface area is 78.4 Å². The Hall–Kier alpha value is -0.570. The molecule has 0 aromatic rings. The van der Waals surface area contributed by atoms with Gasteiger partial charge in [0, 0.05) is 6.92 Å². The smallest absolute Gasteiger partial charge is 0.302 e. The second-order valence-corrected chi connectivity index (χ2v) is 3.95. The molecule has 2 fully saturated rings. The molecule has 0 aromatic heterocycles. The van der Waals surface area contributed by atoms with E-state index in [-0.39, 0.29) is 18.2 Å². The molecule has 3 heteroatoms. The van der Waals surface area contributed by atoms with Crippen molar-refractivity contribution < 1.29 is 14.3 Å². The standard InChI is InChI=1S/C10H16O3/c1-7(11)12-9-4-2-3-8-5-6-10(9)13-8/h8-10H,2-6H2,1H3/t8-,9-,10-/m0/s1. The molecule has 74 valence electrons. The van der Waals surface area contributed by atoms with Crippen LogP contribution in [0.5, 0.6) is 0 Å². The highest BCUT2D eigenvalue weighted by Gasteiger charge is 2.35. The second kappa shape index (κ2) is 3.66. The first-order valence-electron chi connectivity index (χ1n) is 5.08. The predicted molar refractivity (Wildman–Crippen MR) is 47.3 cm³/mol. The van der Waals surface area contributed by atoms with Gasteiger partial charge in [-0.2, -0.15) is 0 Å². The highest BCUT2D eigenvalue weighted by molar-refractivity contribution is 5.66. The van der Waals surface area contributed by atoms with E-state index in [2.05, 4.69) is 0 Å². The molecular weight excluding hydrogens is 168 g/mol. The van der Waals surface area contributed by atoms with E-state index < -0.39 is 0 Å². The van der Waals surface area contributed by atoms with Crippen LogP contribution in [0.4, 0.5) is 0 Å². The van der Waals surface area contributed by atoms with Crippen LogP contribution in [0, 0.1) is 0 Å². The summed E-state index contributed by atoms with van der Waals surface area (Å²) < 4.78 is 11.0. The van der Waals surface area contributed by atoms with E-state index in [0.717, 1.165) is 32.1 Å². The van der Waals surface area contributed by atoms with Gasteiger partial charge in [0.2, 0.25) is 0 Å². The molecule has 13 heavy (non-hydrogen) atoms. The summed E-state index contributed by atoms with van der Waals surface area (Å²) >= 11 is 0. The van der Waals surface area contributed by atoms with Crippen molar-refractivity contribution in [3.05, 3.63) is 0 Å². The zero-order valence-corrected chi connectivity index (χ0v) is 7.99. The Balaban J connectivity index is 1.97. The van der Waals surface area contributed by atoms with Gasteiger partial charge < -0.3 is 9.47 Å². The van der Waals surface area contributed by atoms with E-state index in [1.54, 1.807) is 0 Å². The van der Waals surface area contributed by atoms with E-state index in [1.165, 1.54) is 6.92 Å². The van der Waals surface area contributed by atoms with E-state index in [1.807, 2.05) is 0 Å². The molecule has 3 nitrogen and oxygen atoms in total. The van der Waals surface area contributed by atoms with E-state index in [0.29, 0.717) is 6.10 Å². The van der Waals surface area contributed by atoms with Crippen LogP contribution in [-0.2, 0) is 14.3 Å². The van der Waals surface area contributed by atoms with Crippen molar-refractivity contribution in [3.63, 3.8) is 0 Å². The average Bonchev–Trinajstić information content (AvgIpc) is 2.40. The molecule has 0 radical (unpaired) electrons. The van der Waals surface area contributed by atoms with Gasteiger partial charge >= 0.3 is 5.97 Å². The molecule has 0 spiro atoms. The summed E-state index contributed by atoms with van der Waals surface area (Å²) in [7, 11) is 0. The molecular formula is C10H16O3. The molecule has 2 bridgehead atoms. The molecule has 0 saturated carbocycles. The number of hydrogen-bond acceptors (Lipinski definition) is 3. The third kappa shape index (κ3) is 2.02. The van der Waals surface area contributed by atoms with Gasteiger partial charge in [-0.1, -0.05) is 0 Å². The van der Waals surface area contributed by atoms with Gasteiger partial charge in [-0.25, -0.2) is 0 Å².